The molecule has 0 N–H and O–H groups in total. The van der Waals surface area contributed by atoms with E-state index in [2.05, 4.69) is 22.9 Å². The number of likely N-dealkylation sites (tertiary alicyclic amines) is 1. The van der Waals surface area contributed by atoms with Crippen LogP contribution in [-0.2, 0) is 13.2 Å². The lowest BCUT2D eigenvalue weighted by molar-refractivity contribution is 0.215. The van der Waals surface area contributed by atoms with Gasteiger partial charge in [0.1, 0.15) is 17.8 Å². The highest BCUT2D eigenvalue weighted by Gasteiger charge is 2.18. The molecule has 0 bridgehead atoms. The summed E-state index contributed by atoms with van der Waals surface area (Å²) in [6.07, 6.45) is 9.64. The van der Waals surface area contributed by atoms with Gasteiger partial charge in [-0.15, -0.1) is 0 Å². The Morgan fingerprint density at radius 2 is 2.00 bits per heavy atom. The predicted molar refractivity (Wildman–Crippen MR) is 120 cm³/mol. The lowest BCUT2D eigenvalue weighted by Crippen LogP contribution is -2.29. The summed E-state index contributed by atoms with van der Waals surface area (Å²) in [4.78, 5) is 11.8. The highest BCUT2D eigenvalue weighted by atomic mass is 35.5. The number of imidazole rings is 1. The molecular formula is C24H25ClN4O. The van der Waals surface area contributed by atoms with Gasteiger partial charge in [-0.3, -0.25) is 9.88 Å². The van der Waals surface area contributed by atoms with Crippen molar-refractivity contribution < 1.29 is 4.74 Å². The second kappa shape index (κ2) is 8.25. The molecule has 154 valence electrons. The average molecular weight is 421 g/mol. The number of ether oxygens (including phenoxy) is 1. The van der Waals surface area contributed by atoms with Crippen molar-refractivity contribution in [3.8, 4) is 5.75 Å². The average Bonchev–Trinajstić information content (AvgIpc) is 3.19. The lowest BCUT2D eigenvalue weighted by atomic mass is 10.1. The number of aromatic nitrogens is 3. The summed E-state index contributed by atoms with van der Waals surface area (Å²) in [5, 5.41) is 1.64. The van der Waals surface area contributed by atoms with Gasteiger partial charge in [0, 0.05) is 36.1 Å². The molecule has 1 saturated heterocycles. The van der Waals surface area contributed by atoms with Crippen molar-refractivity contribution in [2.75, 3.05) is 13.1 Å². The molecule has 5 rings (SSSR count). The fraction of sp³-hybridized carbons (Fsp3) is 0.333. The Balaban J connectivity index is 1.49. The Bertz CT molecular complexity index is 1200. The molecule has 0 saturated carbocycles. The molecular weight excluding hydrogens is 396 g/mol. The summed E-state index contributed by atoms with van der Waals surface area (Å²) in [6.45, 7) is 5.51. The van der Waals surface area contributed by atoms with Gasteiger partial charge in [0.05, 0.1) is 10.7 Å². The second-order valence-corrected chi connectivity index (χ2v) is 8.43. The maximum Gasteiger partial charge on any atom is 0.150 e. The summed E-state index contributed by atoms with van der Waals surface area (Å²) in [7, 11) is 0. The summed E-state index contributed by atoms with van der Waals surface area (Å²) in [5.74, 6) is 0.814. The van der Waals surface area contributed by atoms with Crippen LogP contribution in [0.1, 0.15) is 36.1 Å². The maximum absolute atomic E-state index is 6.61. The molecule has 1 aliphatic heterocycles. The number of pyridine rings is 2. The molecule has 0 unspecified atom stereocenters. The molecule has 1 fully saturated rings. The van der Waals surface area contributed by atoms with Gasteiger partial charge in [-0.25, -0.2) is 4.98 Å². The minimum absolute atomic E-state index is 0.390. The zero-order chi connectivity index (χ0) is 20.5. The quantitative estimate of drug-likeness (QED) is 0.433. The van der Waals surface area contributed by atoms with E-state index >= 15 is 0 Å². The van der Waals surface area contributed by atoms with Crippen molar-refractivity contribution in [2.24, 2.45) is 0 Å². The standard InChI is InChI=1S/C24H25ClN4O/c1-17-7-6-12-29-15-19(27-24(17)29)16-30-23-18(14-28-10-3-2-4-11-28)13-21(25)20-8-5-9-26-22(20)23/h5-9,12-13,15H,2-4,10-11,14,16H2,1H3. The van der Waals surface area contributed by atoms with Crippen LogP contribution in [0.2, 0.25) is 5.02 Å². The topological polar surface area (TPSA) is 42.7 Å². The number of benzene rings is 1. The number of piperidine rings is 1. The summed E-state index contributed by atoms with van der Waals surface area (Å²) in [5.41, 5.74) is 4.91. The first-order valence-electron chi connectivity index (χ1n) is 10.5. The van der Waals surface area contributed by atoms with Crippen LogP contribution in [0.4, 0.5) is 0 Å². The van der Waals surface area contributed by atoms with E-state index in [4.69, 9.17) is 21.3 Å². The lowest BCUT2D eigenvalue weighted by Gasteiger charge is -2.27. The fourth-order valence-corrected chi connectivity index (χ4v) is 4.57. The van der Waals surface area contributed by atoms with Gasteiger partial charge in [0.25, 0.3) is 0 Å². The maximum atomic E-state index is 6.61. The van der Waals surface area contributed by atoms with Gasteiger partial charge >= 0.3 is 0 Å². The first-order valence-corrected chi connectivity index (χ1v) is 10.9. The first-order chi connectivity index (χ1) is 14.7. The molecule has 4 heterocycles. The van der Waals surface area contributed by atoms with Crippen LogP contribution in [0.15, 0.2) is 48.9 Å². The molecule has 5 nitrogen and oxygen atoms in total. The first kappa shape index (κ1) is 19.3. The van der Waals surface area contributed by atoms with Crippen molar-refractivity contribution >= 4 is 28.2 Å². The SMILES string of the molecule is Cc1cccn2cc(COc3c(CN4CCCCC4)cc(Cl)c4cccnc34)nc12. The third-order valence-corrected chi connectivity index (χ3v) is 6.12. The molecule has 0 aliphatic carbocycles. The normalized spacial score (nSPS) is 15.1. The van der Waals surface area contributed by atoms with E-state index in [-0.39, 0.29) is 0 Å². The van der Waals surface area contributed by atoms with E-state index in [1.807, 2.05) is 41.1 Å². The fourth-order valence-electron chi connectivity index (χ4n) is 4.28. The van der Waals surface area contributed by atoms with Crippen LogP contribution in [0.3, 0.4) is 0 Å². The van der Waals surface area contributed by atoms with E-state index in [0.717, 1.165) is 63.8 Å². The van der Waals surface area contributed by atoms with Crippen LogP contribution in [-0.4, -0.2) is 32.4 Å². The van der Waals surface area contributed by atoms with E-state index in [1.165, 1.54) is 19.3 Å². The Labute approximate surface area is 181 Å². The van der Waals surface area contributed by atoms with E-state index in [1.54, 1.807) is 6.20 Å². The Hall–Kier alpha value is -2.63. The number of halogens is 1. The zero-order valence-electron chi connectivity index (χ0n) is 17.1. The van der Waals surface area contributed by atoms with Crippen LogP contribution >= 0.6 is 11.6 Å². The highest BCUT2D eigenvalue weighted by Crippen LogP contribution is 2.35. The molecule has 3 aromatic heterocycles. The molecule has 0 amide bonds. The van der Waals surface area contributed by atoms with Gasteiger partial charge in [-0.05, 0) is 62.7 Å². The Morgan fingerprint density at radius 1 is 1.13 bits per heavy atom. The Kier molecular flexibility index (Phi) is 5.32. The third-order valence-electron chi connectivity index (χ3n) is 5.81. The van der Waals surface area contributed by atoms with Gasteiger partial charge in [-0.2, -0.15) is 0 Å². The molecule has 30 heavy (non-hydrogen) atoms. The van der Waals surface area contributed by atoms with Gasteiger partial charge in [0.2, 0.25) is 0 Å². The van der Waals surface area contributed by atoms with Crippen LogP contribution in [0, 0.1) is 6.92 Å². The van der Waals surface area contributed by atoms with Crippen molar-refractivity contribution in [2.45, 2.75) is 39.3 Å². The molecule has 1 aliphatic rings. The smallest absolute Gasteiger partial charge is 0.150 e. The third kappa shape index (κ3) is 3.75. The number of hydrogen-bond acceptors (Lipinski definition) is 4. The zero-order valence-corrected chi connectivity index (χ0v) is 17.9. The van der Waals surface area contributed by atoms with E-state index < -0.39 is 0 Å². The number of hydrogen-bond donors (Lipinski definition) is 0. The summed E-state index contributed by atoms with van der Waals surface area (Å²) >= 11 is 6.61. The van der Waals surface area contributed by atoms with Crippen LogP contribution in [0.25, 0.3) is 16.6 Å². The molecule has 0 atom stereocenters. The molecule has 0 spiro atoms. The van der Waals surface area contributed by atoms with Crippen molar-refractivity contribution in [1.29, 1.82) is 0 Å². The largest absolute Gasteiger partial charge is 0.485 e. The van der Waals surface area contributed by atoms with E-state index in [0.29, 0.717) is 6.61 Å². The molecule has 0 radical (unpaired) electrons. The monoisotopic (exact) mass is 420 g/mol. The summed E-state index contributed by atoms with van der Waals surface area (Å²) < 4.78 is 8.42. The number of aryl methyl sites for hydroxylation is 1. The number of fused-ring (bicyclic) bond motifs is 2. The second-order valence-electron chi connectivity index (χ2n) is 8.03. The van der Waals surface area contributed by atoms with Crippen molar-refractivity contribution in [3.05, 3.63) is 70.8 Å². The van der Waals surface area contributed by atoms with Crippen molar-refractivity contribution in [3.63, 3.8) is 0 Å². The Morgan fingerprint density at radius 3 is 2.83 bits per heavy atom. The minimum atomic E-state index is 0.390. The number of rotatable bonds is 5. The van der Waals surface area contributed by atoms with Gasteiger partial charge in [-0.1, -0.05) is 24.1 Å². The van der Waals surface area contributed by atoms with Crippen LogP contribution in [0.5, 0.6) is 5.75 Å². The number of nitrogens with zero attached hydrogens (tertiary/aromatic N) is 4. The minimum Gasteiger partial charge on any atom is -0.485 e. The molecule has 6 heteroatoms. The van der Waals surface area contributed by atoms with E-state index in [9.17, 15) is 0 Å². The van der Waals surface area contributed by atoms with Gasteiger partial charge in [0.15, 0.2) is 5.75 Å². The molecule has 4 aromatic rings. The van der Waals surface area contributed by atoms with Gasteiger partial charge < -0.3 is 9.14 Å². The predicted octanol–water partition coefficient (Wildman–Crippen LogP) is 5.41. The van der Waals surface area contributed by atoms with Crippen molar-refractivity contribution in [1.82, 2.24) is 19.3 Å². The highest BCUT2D eigenvalue weighted by molar-refractivity contribution is 6.35. The van der Waals surface area contributed by atoms with Crippen LogP contribution < -0.4 is 4.74 Å². The summed E-state index contributed by atoms with van der Waals surface area (Å²) in [6, 6.07) is 10.1. The molecule has 1 aromatic carbocycles.